The van der Waals surface area contributed by atoms with Gasteiger partial charge in [0.1, 0.15) is 24.0 Å². The summed E-state index contributed by atoms with van der Waals surface area (Å²) in [4.78, 5) is 0. The van der Waals surface area contributed by atoms with Gasteiger partial charge in [-0.25, -0.2) is 4.39 Å². The molecule has 7 aromatic rings. The summed E-state index contributed by atoms with van der Waals surface area (Å²) in [6.07, 6.45) is 0. The third kappa shape index (κ3) is 4.03. The van der Waals surface area contributed by atoms with Crippen LogP contribution < -0.4 is 4.57 Å². The lowest BCUT2D eigenvalue weighted by atomic mass is 9.93. The quantitative estimate of drug-likeness (QED) is 0.205. The fourth-order valence-electron chi connectivity index (χ4n) is 6.23. The van der Waals surface area contributed by atoms with Crippen molar-refractivity contribution in [2.24, 2.45) is 7.05 Å². The van der Waals surface area contributed by atoms with E-state index in [0.717, 1.165) is 49.9 Å². The first kappa shape index (κ1) is 25.2. The van der Waals surface area contributed by atoms with Crippen molar-refractivity contribution in [2.45, 2.75) is 26.7 Å². The molecular formula is C38H31FNO+. The number of hydrogen-bond acceptors (Lipinski definition) is 1. The van der Waals surface area contributed by atoms with Gasteiger partial charge in [-0.15, -0.1) is 0 Å². The third-order valence-corrected chi connectivity index (χ3v) is 8.33. The molecule has 0 spiro atoms. The van der Waals surface area contributed by atoms with E-state index < -0.39 is 0 Å². The molecule has 2 nitrogen and oxygen atoms in total. The fraction of sp³-hybridized carbons (Fsp3) is 0.132. The highest BCUT2D eigenvalue weighted by molar-refractivity contribution is 6.13. The average Bonchev–Trinajstić information content (AvgIpc) is 3.36. The van der Waals surface area contributed by atoms with Gasteiger partial charge in [0.25, 0.3) is 0 Å². The maximum absolute atomic E-state index is 15.7. The number of fused-ring (bicyclic) bond motifs is 4. The number of benzene rings is 5. The number of furan rings is 1. The van der Waals surface area contributed by atoms with Crippen LogP contribution in [0.15, 0.2) is 114 Å². The predicted octanol–water partition coefficient (Wildman–Crippen LogP) is 10.1. The topological polar surface area (TPSA) is 17.0 Å². The van der Waals surface area contributed by atoms with Gasteiger partial charge in [-0.05, 0) is 64.9 Å². The molecule has 5 aromatic carbocycles. The van der Waals surface area contributed by atoms with E-state index in [1.165, 1.54) is 16.5 Å². The van der Waals surface area contributed by atoms with Crippen molar-refractivity contribution in [3.8, 4) is 33.5 Å². The molecule has 0 bridgehead atoms. The molecule has 41 heavy (non-hydrogen) atoms. The number of aromatic nitrogens is 1. The summed E-state index contributed by atoms with van der Waals surface area (Å²) in [5, 5.41) is 3.15. The summed E-state index contributed by atoms with van der Waals surface area (Å²) >= 11 is 0. The van der Waals surface area contributed by atoms with Crippen LogP contribution >= 0.6 is 0 Å². The Balaban J connectivity index is 1.52. The molecule has 0 aliphatic carbocycles. The maximum Gasteiger partial charge on any atom is 0.217 e. The van der Waals surface area contributed by atoms with Gasteiger partial charge in [0.15, 0.2) is 0 Å². The molecule has 0 aliphatic heterocycles. The van der Waals surface area contributed by atoms with Crippen molar-refractivity contribution in [1.82, 2.24) is 0 Å². The summed E-state index contributed by atoms with van der Waals surface area (Å²) in [6, 6.07) is 36.7. The largest absolute Gasteiger partial charge is 0.454 e. The minimum atomic E-state index is -0.293. The lowest BCUT2D eigenvalue weighted by Crippen LogP contribution is -2.33. The number of halogens is 1. The van der Waals surface area contributed by atoms with E-state index in [0.29, 0.717) is 17.1 Å². The van der Waals surface area contributed by atoms with Crippen LogP contribution in [-0.4, -0.2) is 0 Å². The Kier molecular flexibility index (Phi) is 5.97. The summed E-state index contributed by atoms with van der Waals surface area (Å²) in [5.74, 6) is 0.0611. The van der Waals surface area contributed by atoms with Crippen LogP contribution in [0.2, 0.25) is 0 Å². The Morgan fingerprint density at radius 1 is 0.634 bits per heavy atom. The van der Waals surface area contributed by atoms with Crippen molar-refractivity contribution in [3.05, 3.63) is 126 Å². The molecule has 0 aliphatic rings. The van der Waals surface area contributed by atoms with Crippen LogP contribution in [0, 0.1) is 12.7 Å². The van der Waals surface area contributed by atoms with Gasteiger partial charge in [-0.2, -0.15) is 4.57 Å². The van der Waals surface area contributed by atoms with Gasteiger partial charge < -0.3 is 4.42 Å². The average molecular weight is 537 g/mol. The van der Waals surface area contributed by atoms with E-state index in [9.17, 15) is 0 Å². The van der Waals surface area contributed by atoms with Gasteiger partial charge in [0, 0.05) is 28.3 Å². The first-order valence-corrected chi connectivity index (χ1v) is 14.1. The van der Waals surface area contributed by atoms with E-state index >= 15 is 4.39 Å². The zero-order valence-corrected chi connectivity index (χ0v) is 23.7. The fourth-order valence-corrected chi connectivity index (χ4v) is 6.23. The maximum atomic E-state index is 15.7. The van der Waals surface area contributed by atoms with Crippen molar-refractivity contribution in [2.75, 3.05) is 0 Å². The summed E-state index contributed by atoms with van der Waals surface area (Å²) in [5.41, 5.74) is 10.5. The molecule has 200 valence electrons. The van der Waals surface area contributed by atoms with Gasteiger partial charge in [0.05, 0.1) is 11.1 Å². The molecule has 0 unspecified atom stereocenters. The zero-order valence-electron chi connectivity index (χ0n) is 23.7. The molecule has 0 amide bonds. The van der Waals surface area contributed by atoms with Crippen molar-refractivity contribution in [1.29, 1.82) is 0 Å². The molecule has 2 aromatic heterocycles. The summed E-state index contributed by atoms with van der Waals surface area (Å²) in [7, 11) is 2.11. The molecule has 0 atom stereocenters. The molecule has 3 heteroatoms. The summed E-state index contributed by atoms with van der Waals surface area (Å²) < 4.78 is 24.7. The highest BCUT2D eigenvalue weighted by atomic mass is 19.1. The number of aryl methyl sites for hydroxylation is 2. The first-order chi connectivity index (χ1) is 19.9. The molecular weight excluding hydrogens is 505 g/mol. The second-order valence-electron chi connectivity index (χ2n) is 11.2. The molecule has 0 fully saturated rings. The van der Waals surface area contributed by atoms with E-state index in [-0.39, 0.29) is 5.82 Å². The van der Waals surface area contributed by atoms with Crippen LogP contribution in [0.5, 0.6) is 0 Å². The van der Waals surface area contributed by atoms with E-state index in [4.69, 9.17) is 4.42 Å². The number of pyridine rings is 1. The Bertz CT molecular complexity index is 2100. The number of nitrogens with zero attached hydrogens (tertiary/aromatic N) is 1. The van der Waals surface area contributed by atoms with Crippen LogP contribution in [0.4, 0.5) is 4.39 Å². The van der Waals surface area contributed by atoms with E-state index in [1.54, 1.807) is 6.07 Å². The Morgan fingerprint density at radius 2 is 1.29 bits per heavy atom. The van der Waals surface area contributed by atoms with Gasteiger partial charge in [0.2, 0.25) is 11.2 Å². The van der Waals surface area contributed by atoms with Crippen molar-refractivity contribution < 1.29 is 13.4 Å². The predicted molar refractivity (Wildman–Crippen MR) is 167 cm³/mol. The SMILES string of the molecule is Cc1ccc2c(oc3c(-c4cccc(-c5ccccc5)c4)c(F)ccc32)c1-c1cc(C(C)C)c2ccccc2[n+]1C. The lowest BCUT2D eigenvalue weighted by Gasteiger charge is -2.13. The first-order valence-electron chi connectivity index (χ1n) is 14.1. The number of rotatable bonds is 4. The molecule has 0 saturated carbocycles. The number of para-hydroxylation sites is 1. The standard InChI is InChI=1S/C38H31FNO/c1-23(2)31-22-34(40(4)33-16-9-8-15-28(31)33)35-24(3)17-18-29-30-19-20-32(39)36(38(30)41-37(29)35)27-14-10-13-26(21-27)25-11-6-5-7-12-25/h5-23H,1-4H3/q+1. The highest BCUT2D eigenvalue weighted by Crippen LogP contribution is 2.43. The van der Waals surface area contributed by atoms with Gasteiger partial charge >= 0.3 is 0 Å². The van der Waals surface area contributed by atoms with Crippen molar-refractivity contribution in [3.63, 3.8) is 0 Å². The van der Waals surface area contributed by atoms with Gasteiger partial charge in [-0.1, -0.05) is 86.6 Å². The highest BCUT2D eigenvalue weighted by Gasteiger charge is 2.26. The number of hydrogen-bond donors (Lipinski definition) is 0. The second-order valence-corrected chi connectivity index (χ2v) is 11.2. The minimum absolute atomic E-state index is 0.293. The molecule has 0 N–H and O–H groups in total. The van der Waals surface area contributed by atoms with E-state index in [1.807, 2.05) is 42.5 Å². The van der Waals surface area contributed by atoms with Crippen LogP contribution in [-0.2, 0) is 7.05 Å². The van der Waals surface area contributed by atoms with Crippen LogP contribution in [0.25, 0.3) is 66.4 Å². The monoisotopic (exact) mass is 536 g/mol. The Hall–Kier alpha value is -4.76. The molecule has 2 heterocycles. The minimum Gasteiger partial charge on any atom is -0.454 e. The third-order valence-electron chi connectivity index (χ3n) is 8.33. The zero-order chi connectivity index (χ0) is 28.2. The van der Waals surface area contributed by atoms with Crippen LogP contribution in [0.1, 0.15) is 30.9 Å². The molecule has 0 radical (unpaired) electrons. The Labute approximate surface area is 239 Å². The van der Waals surface area contributed by atoms with Crippen molar-refractivity contribution >= 4 is 32.8 Å². The van der Waals surface area contributed by atoms with E-state index in [2.05, 4.69) is 93.0 Å². The van der Waals surface area contributed by atoms with Crippen LogP contribution in [0.3, 0.4) is 0 Å². The summed E-state index contributed by atoms with van der Waals surface area (Å²) in [6.45, 7) is 6.59. The normalized spacial score (nSPS) is 11.8. The Morgan fingerprint density at radius 3 is 2.07 bits per heavy atom. The lowest BCUT2D eigenvalue weighted by molar-refractivity contribution is -0.633. The second kappa shape index (κ2) is 9.71. The smallest absolute Gasteiger partial charge is 0.217 e. The van der Waals surface area contributed by atoms with Gasteiger partial charge in [-0.3, -0.25) is 0 Å². The molecule has 0 saturated heterocycles. The molecule has 7 rings (SSSR count).